The molecular formula is C23H25ClN4O3S. The summed E-state index contributed by atoms with van der Waals surface area (Å²) in [6, 6.07) is 11.8. The Morgan fingerprint density at radius 2 is 1.88 bits per heavy atom. The number of aromatic nitrogens is 3. The van der Waals surface area contributed by atoms with E-state index in [-0.39, 0.29) is 23.0 Å². The number of carbonyl (C=O) groups excluding carboxylic acids is 1. The highest BCUT2D eigenvalue weighted by Crippen LogP contribution is 2.31. The summed E-state index contributed by atoms with van der Waals surface area (Å²) in [5.41, 5.74) is 2.20. The van der Waals surface area contributed by atoms with E-state index in [2.05, 4.69) is 20.1 Å². The standard InChI is InChI=1S/C23H25ClN4O3S/c1-16-6-9-18(10-7-16)32(30,31)14-12-22(29)25-17-8-11-20(24)19(15-17)23-27-26-21-5-3-2-4-13-28(21)23/h6-11,15H,2-5,12-14H2,1H3,(H,25,29). The third-order valence-corrected chi connectivity index (χ3v) is 7.64. The SMILES string of the molecule is Cc1ccc(S(=O)(=O)CCC(=O)Nc2ccc(Cl)c(-c3nnc4n3CCCCC4)c2)cc1. The Kier molecular flexibility index (Phi) is 6.62. The van der Waals surface area contributed by atoms with Crippen LogP contribution in [0.4, 0.5) is 5.69 Å². The number of aryl methyl sites for hydroxylation is 2. The number of hydrogen-bond donors (Lipinski definition) is 1. The maximum atomic E-state index is 12.5. The molecular weight excluding hydrogens is 448 g/mol. The Bertz CT molecular complexity index is 1240. The number of sulfone groups is 1. The molecule has 0 spiro atoms. The first-order valence-electron chi connectivity index (χ1n) is 10.6. The van der Waals surface area contributed by atoms with E-state index in [9.17, 15) is 13.2 Å². The maximum Gasteiger partial charge on any atom is 0.225 e. The van der Waals surface area contributed by atoms with Crippen molar-refractivity contribution in [1.29, 1.82) is 0 Å². The predicted molar refractivity (Wildman–Crippen MR) is 125 cm³/mol. The van der Waals surface area contributed by atoms with Gasteiger partial charge < -0.3 is 9.88 Å². The lowest BCUT2D eigenvalue weighted by atomic mass is 10.1. The molecule has 0 radical (unpaired) electrons. The first-order valence-corrected chi connectivity index (χ1v) is 12.7. The van der Waals surface area contributed by atoms with Crippen molar-refractivity contribution < 1.29 is 13.2 Å². The topological polar surface area (TPSA) is 93.9 Å². The highest BCUT2D eigenvalue weighted by molar-refractivity contribution is 7.91. The summed E-state index contributed by atoms with van der Waals surface area (Å²) in [7, 11) is -3.53. The quantitative estimate of drug-likeness (QED) is 0.572. The van der Waals surface area contributed by atoms with Crippen LogP contribution in [0, 0.1) is 6.92 Å². The number of benzene rings is 2. The Hall–Kier alpha value is -2.71. The number of carbonyl (C=O) groups is 1. The highest BCUT2D eigenvalue weighted by atomic mass is 35.5. The number of anilines is 1. The smallest absolute Gasteiger partial charge is 0.225 e. The fourth-order valence-corrected chi connectivity index (χ4v) is 5.22. The molecule has 0 saturated heterocycles. The Labute approximate surface area is 192 Å². The lowest BCUT2D eigenvalue weighted by Gasteiger charge is -2.11. The molecule has 0 bridgehead atoms. The molecule has 2 aromatic carbocycles. The molecule has 32 heavy (non-hydrogen) atoms. The molecule has 0 aliphatic carbocycles. The molecule has 2 heterocycles. The van der Waals surface area contributed by atoms with Gasteiger partial charge in [0.1, 0.15) is 5.82 Å². The van der Waals surface area contributed by atoms with E-state index in [0.29, 0.717) is 22.1 Å². The third-order valence-electron chi connectivity index (χ3n) is 5.58. The molecule has 1 aliphatic rings. The predicted octanol–water partition coefficient (Wildman–Crippen LogP) is 4.44. The molecule has 0 saturated carbocycles. The fourth-order valence-electron chi connectivity index (χ4n) is 3.77. The van der Waals surface area contributed by atoms with Crippen molar-refractivity contribution in [2.24, 2.45) is 0 Å². The Morgan fingerprint density at radius 1 is 1.09 bits per heavy atom. The second-order valence-corrected chi connectivity index (χ2v) is 10.5. The minimum absolute atomic E-state index is 0.144. The van der Waals surface area contributed by atoms with Gasteiger partial charge in [0.2, 0.25) is 5.91 Å². The van der Waals surface area contributed by atoms with Crippen LogP contribution in [0.25, 0.3) is 11.4 Å². The molecule has 1 amide bonds. The number of halogens is 1. The first-order chi connectivity index (χ1) is 15.3. The van der Waals surface area contributed by atoms with E-state index >= 15 is 0 Å². The van der Waals surface area contributed by atoms with Crippen molar-refractivity contribution in [2.45, 2.75) is 50.5 Å². The van der Waals surface area contributed by atoms with Gasteiger partial charge in [0, 0.05) is 30.6 Å². The van der Waals surface area contributed by atoms with Crippen LogP contribution in [0.3, 0.4) is 0 Å². The van der Waals surface area contributed by atoms with Crippen LogP contribution in [0.5, 0.6) is 0 Å². The number of nitrogens with zero attached hydrogens (tertiary/aromatic N) is 3. The average molecular weight is 473 g/mol. The summed E-state index contributed by atoms with van der Waals surface area (Å²) in [6.07, 6.45) is 4.04. The molecule has 3 aromatic rings. The number of hydrogen-bond acceptors (Lipinski definition) is 5. The Morgan fingerprint density at radius 3 is 2.66 bits per heavy atom. The molecule has 1 aliphatic heterocycles. The maximum absolute atomic E-state index is 12.5. The second-order valence-electron chi connectivity index (χ2n) is 8.03. The van der Waals surface area contributed by atoms with Gasteiger partial charge >= 0.3 is 0 Å². The Balaban J connectivity index is 1.47. The number of amides is 1. The summed E-state index contributed by atoms with van der Waals surface area (Å²) in [6.45, 7) is 2.72. The van der Waals surface area contributed by atoms with Crippen LogP contribution in [0.1, 0.15) is 37.1 Å². The zero-order valence-electron chi connectivity index (χ0n) is 17.8. The number of fused-ring (bicyclic) bond motifs is 1. The lowest BCUT2D eigenvalue weighted by Crippen LogP contribution is -2.17. The molecule has 9 heteroatoms. The average Bonchev–Trinajstić information content (AvgIpc) is 3.01. The minimum atomic E-state index is -3.53. The van der Waals surface area contributed by atoms with Gasteiger partial charge in [0.15, 0.2) is 15.7 Å². The molecule has 0 fully saturated rings. The molecule has 1 N–H and O–H groups in total. The molecule has 4 rings (SSSR count). The molecule has 0 atom stereocenters. The van der Waals surface area contributed by atoms with Gasteiger partial charge in [-0.3, -0.25) is 4.79 Å². The monoisotopic (exact) mass is 472 g/mol. The van der Waals surface area contributed by atoms with E-state index in [1.165, 1.54) is 0 Å². The summed E-state index contributed by atoms with van der Waals surface area (Å²) < 4.78 is 27.1. The third kappa shape index (κ3) is 5.02. The van der Waals surface area contributed by atoms with Crippen molar-refractivity contribution in [1.82, 2.24) is 14.8 Å². The minimum Gasteiger partial charge on any atom is -0.326 e. The van der Waals surface area contributed by atoms with Gasteiger partial charge in [-0.25, -0.2) is 8.42 Å². The van der Waals surface area contributed by atoms with E-state index in [1.54, 1.807) is 42.5 Å². The molecule has 1 aromatic heterocycles. The van der Waals surface area contributed by atoms with Crippen molar-refractivity contribution in [3.05, 3.63) is 58.9 Å². The highest BCUT2D eigenvalue weighted by Gasteiger charge is 2.20. The lowest BCUT2D eigenvalue weighted by molar-refractivity contribution is -0.115. The number of nitrogens with one attached hydrogen (secondary N) is 1. The second kappa shape index (κ2) is 9.42. The van der Waals surface area contributed by atoms with E-state index in [4.69, 9.17) is 11.6 Å². The van der Waals surface area contributed by atoms with Crippen LogP contribution < -0.4 is 5.32 Å². The molecule has 7 nitrogen and oxygen atoms in total. The van der Waals surface area contributed by atoms with Crippen LogP contribution in [0.2, 0.25) is 5.02 Å². The van der Waals surface area contributed by atoms with Crippen LogP contribution in [-0.2, 0) is 27.6 Å². The first kappa shape index (κ1) is 22.5. The fraction of sp³-hybridized carbons (Fsp3) is 0.348. The summed E-state index contributed by atoms with van der Waals surface area (Å²) >= 11 is 6.43. The van der Waals surface area contributed by atoms with Gasteiger partial charge in [-0.15, -0.1) is 10.2 Å². The van der Waals surface area contributed by atoms with E-state index in [1.807, 2.05) is 6.92 Å². The van der Waals surface area contributed by atoms with Crippen molar-refractivity contribution in [2.75, 3.05) is 11.1 Å². The van der Waals surface area contributed by atoms with Crippen molar-refractivity contribution in [3.8, 4) is 11.4 Å². The van der Waals surface area contributed by atoms with Crippen molar-refractivity contribution in [3.63, 3.8) is 0 Å². The normalized spacial score (nSPS) is 13.9. The zero-order valence-corrected chi connectivity index (χ0v) is 19.4. The number of rotatable bonds is 6. The van der Waals surface area contributed by atoms with Gasteiger partial charge in [0.25, 0.3) is 0 Å². The van der Waals surface area contributed by atoms with Gasteiger partial charge in [0.05, 0.1) is 15.7 Å². The molecule has 168 valence electrons. The van der Waals surface area contributed by atoms with Crippen molar-refractivity contribution >= 4 is 33.0 Å². The summed E-state index contributed by atoms with van der Waals surface area (Å²) in [5.74, 6) is 0.989. The summed E-state index contributed by atoms with van der Waals surface area (Å²) in [4.78, 5) is 12.7. The largest absolute Gasteiger partial charge is 0.326 e. The van der Waals surface area contributed by atoms with Gasteiger partial charge in [-0.1, -0.05) is 35.7 Å². The zero-order chi connectivity index (χ0) is 22.7. The van der Waals surface area contributed by atoms with Gasteiger partial charge in [-0.2, -0.15) is 0 Å². The van der Waals surface area contributed by atoms with Gasteiger partial charge in [-0.05, 0) is 50.1 Å². The van der Waals surface area contributed by atoms with Crippen LogP contribution in [-0.4, -0.2) is 34.8 Å². The van der Waals surface area contributed by atoms with Crippen LogP contribution in [0.15, 0.2) is 47.4 Å². The summed E-state index contributed by atoms with van der Waals surface area (Å²) in [5, 5.41) is 11.9. The van der Waals surface area contributed by atoms with E-state index in [0.717, 1.165) is 43.6 Å². The molecule has 0 unspecified atom stereocenters. The van der Waals surface area contributed by atoms with Crippen LogP contribution >= 0.6 is 11.6 Å². The van der Waals surface area contributed by atoms with E-state index < -0.39 is 9.84 Å².